The van der Waals surface area contributed by atoms with Crippen LogP contribution in [0.5, 0.6) is 0 Å². The summed E-state index contributed by atoms with van der Waals surface area (Å²) in [6.07, 6.45) is 4.99. The van der Waals surface area contributed by atoms with Gasteiger partial charge in [-0.15, -0.1) is 0 Å². The molecule has 4 nitrogen and oxygen atoms in total. The predicted molar refractivity (Wildman–Crippen MR) is 77.9 cm³/mol. The van der Waals surface area contributed by atoms with Gasteiger partial charge in [-0.1, -0.05) is 6.42 Å². The molecular weight excluding hydrogens is 286 g/mol. The van der Waals surface area contributed by atoms with Gasteiger partial charge in [-0.3, -0.25) is 0 Å². The lowest BCUT2D eigenvalue weighted by molar-refractivity contribution is 0.401. The van der Waals surface area contributed by atoms with Crippen molar-refractivity contribution in [2.75, 3.05) is 0 Å². The van der Waals surface area contributed by atoms with E-state index in [4.69, 9.17) is 0 Å². The van der Waals surface area contributed by atoms with Crippen LogP contribution in [0.1, 0.15) is 36.7 Å². The van der Waals surface area contributed by atoms with E-state index in [1.54, 1.807) is 6.20 Å². The summed E-state index contributed by atoms with van der Waals surface area (Å²) in [6.45, 7) is 1.90. The average Bonchev–Trinajstić information content (AvgIpc) is 2.81. The van der Waals surface area contributed by atoms with Gasteiger partial charge < -0.3 is 0 Å². The summed E-state index contributed by atoms with van der Waals surface area (Å²) < 4.78 is 28.5. The SMILES string of the molecule is Cc1nc(C2CCC2)nc2c1cnn2-c1ccc(F)cc1F. The molecule has 1 aromatic carbocycles. The molecule has 0 radical (unpaired) electrons. The van der Waals surface area contributed by atoms with Crippen molar-refractivity contribution in [2.24, 2.45) is 0 Å². The highest BCUT2D eigenvalue weighted by molar-refractivity contribution is 5.78. The lowest BCUT2D eigenvalue weighted by Gasteiger charge is -2.24. The van der Waals surface area contributed by atoms with Crippen molar-refractivity contribution in [2.45, 2.75) is 32.1 Å². The molecule has 3 aromatic rings. The number of fused-ring (bicyclic) bond motifs is 1. The zero-order chi connectivity index (χ0) is 15.3. The summed E-state index contributed by atoms with van der Waals surface area (Å²) in [6, 6.07) is 3.44. The summed E-state index contributed by atoms with van der Waals surface area (Å²) in [5.41, 5.74) is 1.59. The summed E-state index contributed by atoms with van der Waals surface area (Å²) >= 11 is 0. The molecule has 1 saturated carbocycles. The topological polar surface area (TPSA) is 43.6 Å². The van der Waals surface area contributed by atoms with Crippen molar-refractivity contribution in [3.8, 4) is 5.69 Å². The predicted octanol–water partition coefficient (Wildman–Crippen LogP) is 3.67. The molecule has 6 heteroatoms. The molecule has 1 aliphatic rings. The first kappa shape index (κ1) is 13.3. The fraction of sp³-hybridized carbons (Fsp3) is 0.312. The minimum Gasteiger partial charge on any atom is -0.237 e. The second-order valence-electron chi connectivity index (χ2n) is 5.68. The van der Waals surface area contributed by atoms with Crippen molar-refractivity contribution in [1.82, 2.24) is 19.7 Å². The zero-order valence-electron chi connectivity index (χ0n) is 12.1. The first-order valence-corrected chi connectivity index (χ1v) is 7.31. The molecule has 22 heavy (non-hydrogen) atoms. The largest absolute Gasteiger partial charge is 0.237 e. The van der Waals surface area contributed by atoms with E-state index in [1.165, 1.54) is 23.2 Å². The highest BCUT2D eigenvalue weighted by Crippen LogP contribution is 2.35. The maximum Gasteiger partial charge on any atom is 0.166 e. The maximum atomic E-state index is 14.0. The molecule has 1 aliphatic carbocycles. The van der Waals surface area contributed by atoms with Gasteiger partial charge in [0, 0.05) is 12.0 Å². The average molecular weight is 300 g/mol. The second-order valence-corrected chi connectivity index (χ2v) is 5.68. The molecule has 0 N–H and O–H groups in total. The quantitative estimate of drug-likeness (QED) is 0.725. The number of nitrogens with zero attached hydrogens (tertiary/aromatic N) is 4. The number of rotatable bonds is 2. The van der Waals surface area contributed by atoms with E-state index in [0.717, 1.165) is 35.8 Å². The normalized spacial score (nSPS) is 15.2. The number of hydrogen-bond acceptors (Lipinski definition) is 3. The monoisotopic (exact) mass is 300 g/mol. The first-order valence-electron chi connectivity index (χ1n) is 7.31. The second kappa shape index (κ2) is 4.83. The Kier molecular flexibility index (Phi) is 2.92. The van der Waals surface area contributed by atoms with Gasteiger partial charge in [0.25, 0.3) is 0 Å². The van der Waals surface area contributed by atoms with E-state index in [0.29, 0.717) is 11.6 Å². The van der Waals surface area contributed by atoms with E-state index in [1.807, 2.05) is 6.92 Å². The van der Waals surface area contributed by atoms with E-state index in [2.05, 4.69) is 15.1 Å². The minimum absolute atomic E-state index is 0.189. The molecule has 2 heterocycles. The molecular formula is C16H14F2N4. The van der Waals surface area contributed by atoms with E-state index in [-0.39, 0.29) is 5.69 Å². The van der Waals surface area contributed by atoms with Crippen LogP contribution in [-0.4, -0.2) is 19.7 Å². The Bertz CT molecular complexity index is 868. The van der Waals surface area contributed by atoms with Gasteiger partial charge in [0.2, 0.25) is 0 Å². The van der Waals surface area contributed by atoms with Gasteiger partial charge in [0.15, 0.2) is 11.5 Å². The summed E-state index contributed by atoms with van der Waals surface area (Å²) in [5, 5.41) is 5.00. The number of hydrogen-bond donors (Lipinski definition) is 0. The van der Waals surface area contributed by atoms with Gasteiger partial charge in [-0.25, -0.2) is 23.4 Å². The summed E-state index contributed by atoms with van der Waals surface area (Å²) in [5.74, 6) is -0.102. The van der Waals surface area contributed by atoms with Crippen molar-refractivity contribution in [3.63, 3.8) is 0 Å². The van der Waals surface area contributed by atoms with Crippen molar-refractivity contribution in [1.29, 1.82) is 0 Å². The Morgan fingerprint density at radius 1 is 1.18 bits per heavy atom. The van der Waals surface area contributed by atoms with Crippen LogP contribution >= 0.6 is 0 Å². The molecule has 0 saturated heterocycles. The number of aromatic nitrogens is 4. The van der Waals surface area contributed by atoms with Crippen LogP contribution in [0.15, 0.2) is 24.4 Å². The Morgan fingerprint density at radius 2 is 2.00 bits per heavy atom. The molecule has 0 atom stereocenters. The third-order valence-electron chi connectivity index (χ3n) is 4.24. The molecule has 0 amide bonds. The van der Waals surface area contributed by atoms with Gasteiger partial charge in [0.05, 0.1) is 17.3 Å². The lowest BCUT2D eigenvalue weighted by atomic mass is 9.85. The van der Waals surface area contributed by atoms with Crippen LogP contribution in [-0.2, 0) is 0 Å². The Morgan fingerprint density at radius 3 is 2.68 bits per heavy atom. The fourth-order valence-corrected chi connectivity index (χ4v) is 2.75. The van der Waals surface area contributed by atoms with E-state index >= 15 is 0 Å². The van der Waals surface area contributed by atoms with Crippen LogP contribution in [0, 0.1) is 18.6 Å². The van der Waals surface area contributed by atoms with Crippen LogP contribution in [0.3, 0.4) is 0 Å². The molecule has 0 unspecified atom stereocenters. The van der Waals surface area contributed by atoms with Gasteiger partial charge in [0.1, 0.15) is 17.3 Å². The molecule has 0 aliphatic heterocycles. The number of benzene rings is 1. The van der Waals surface area contributed by atoms with Crippen LogP contribution in [0.2, 0.25) is 0 Å². The summed E-state index contributed by atoms with van der Waals surface area (Å²) in [7, 11) is 0. The van der Waals surface area contributed by atoms with E-state index < -0.39 is 11.6 Å². The van der Waals surface area contributed by atoms with Gasteiger partial charge in [-0.2, -0.15) is 5.10 Å². The standard InChI is InChI=1S/C16H14F2N4/c1-9-12-8-19-22(14-6-5-11(17)7-13(14)18)16(12)21-15(20-9)10-3-2-4-10/h5-8,10H,2-4H2,1H3. The van der Waals surface area contributed by atoms with Gasteiger partial charge in [-0.05, 0) is 31.9 Å². The molecule has 112 valence electrons. The number of aryl methyl sites for hydroxylation is 1. The van der Waals surface area contributed by atoms with Crippen molar-refractivity contribution in [3.05, 3.63) is 47.5 Å². The van der Waals surface area contributed by atoms with Crippen LogP contribution in [0.25, 0.3) is 16.7 Å². The Hall–Kier alpha value is -2.37. The molecule has 4 rings (SSSR count). The molecule has 0 spiro atoms. The molecule has 0 bridgehead atoms. The third kappa shape index (κ3) is 1.98. The summed E-state index contributed by atoms with van der Waals surface area (Å²) in [4.78, 5) is 9.14. The minimum atomic E-state index is -0.661. The van der Waals surface area contributed by atoms with Crippen molar-refractivity contribution < 1.29 is 8.78 Å². The maximum absolute atomic E-state index is 14.0. The van der Waals surface area contributed by atoms with E-state index in [9.17, 15) is 8.78 Å². The van der Waals surface area contributed by atoms with Crippen molar-refractivity contribution >= 4 is 11.0 Å². The number of halogens is 2. The highest BCUT2D eigenvalue weighted by atomic mass is 19.1. The van der Waals surface area contributed by atoms with Gasteiger partial charge >= 0.3 is 0 Å². The molecule has 1 fully saturated rings. The van der Waals surface area contributed by atoms with Crippen LogP contribution < -0.4 is 0 Å². The lowest BCUT2D eigenvalue weighted by Crippen LogP contribution is -2.14. The molecule has 2 aromatic heterocycles. The third-order valence-corrected chi connectivity index (χ3v) is 4.24. The fourth-order valence-electron chi connectivity index (χ4n) is 2.75. The smallest absolute Gasteiger partial charge is 0.166 e. The first-order chi connectivity index (χ1) is 10.6. The Balaban J connectivity index is 1.92. The van der Waals surface area contributed by atoms with Crippen LogP contribution in [0.4, 0.5) is 8.78 Å². The highest BCUT2D eigenvalue weighted by Gasteiger charge is 2.24. The zero-order valence-corrected chi connectivity index (χ0v) is 12.1. The Labute approximate surface area is 125 Å².